The summed E-state index contributed by atoms with van der Waals surface area (Å²) in [7, 11) is 0. The van der Waals surface area contributed by atoms with E-state index in [0.717, 1.165) is 32.7 Å². The van der Waals surface area contributed by atoms with Gasteiger partial charge in [0.05, 0.1) is 22.5 Å². The van der Waals surface area contributed by atoms with Gasteiger partial charge in [-0.2, -0.15) is 0 Å². The van der Waals surface area contributed by atoms with E-state index in [2.05, 4.69) is 21.4 Å². The Morgan fingerprint density at radius 1 is 1.00 bits per heavy atom. The lowest BCUT2D eigenvalue weighted by Crippen LogP contribution is -2.14. The summed E-state index contributed by atoms with van der Waals surface area (Å²) in [6.45, 7) is 0. The number of imidazole rings is 1. The first-order chi connectivity index (χ1) is 13.8. The van der Waals surface area contributed by atoms with E-state index in [1.54, 1.807) is 18.0 Å². The van der Waals surface area contributed by atoms with E-state index in [-0.39, 0.29) is 5.91 Å². The molecule has 0 unspecified atom stereocenters. The number of aromatic nitrogens is 3. The summed E-state index contributed by atoms with van der Waals surface area (Å²) in [6, 6.07) is 19.7. The highest BCUT2D eigenvalue weighted by Gasteiger charge is 2.08. The van der Waals surface area contributed by atoms with Gasteiger partial charge in [0.1, 0.15) is 0 Å². The summed E-state index contributed by atoms with van der Waals surface area (Å²) in [5.74, 6) is 1.06. The number of nitrogens with one attached hydrogen (secondary N) is 1. The number of carbonyl (C=O) groups is 1. The molecule has 0 bridgehead atoms. The monoisotopic (exact) mass is 406 g/mol. The smallest absolute Gasteiger partial charge is 0.234 e. The van der Waals surface area contributed by atoms with Gasteiger partial charge in [0.2, 0.25) is 5.91 Å². The van der Waals surface area contributed by atoms with Gasteiger partial charge in [-0.05, 0) is 42.0 Å². The van der Waals surface area contributed by atoms with Crippen molar-refractivity contribution in [3.8, 4) is 0 Å². The molecule has 0 aliphatic heterocycles. The third-order valence-corrected chi connectivity index (χ3v) is 5.95. The van der Waals surface area contributed by atoms with Crippen molar-refractivity contribution in [2.75, 3.05) is 11.1 Å². The molecule has 4 rings (SSSR count). The van der Waals surface area contributed by atoms with Crippen LogP contribution in [0.25, 0.3) is 5.52 Å². The van der Waals surface area contributed by atoms with E-state index in [4.69, 9.17) is 0 Å². The summed E-state index contributed by atoms with van der Waals surface area (Å²) < 4.78 is 1.98. The van der Waals surface area contributed by atoms with E-state index in [1.165, 1.54) is 11.8 Å². The van der Waals surface area contributed by atoms with Crippen LogP contribution in [0.15, 0.2) is 89.4 Å². The number of hydrogen-bond acceptors (Lipinski definition) is 5. The second-order valence-corrected chi connectivity index (χ2v) is 7.97. The van der Waals surface area contributed by atoms with Crippen molar-refractivity contribution >= 4 is 40.6 Å². The number of nitrogens with zero attached hydrogens (tertiary/aromatic N) is 3. The van der Waals surface area contributed by atoms with Crippen LogP contribution in [-0.4, -0.2) is 26.0 Å². The predicted octanol–water partition coefficient (Wildman–Crippen LogP) is 4.75. The van der Waals surface area contributed by atoms with E-state index < -0.39 is 0 Å². The third-order valence-electron chi connectivity index (χ3n) is 3.97. The average Bonchev–Trinajstić information content (AvgIpc) is 3.15. The fraction of sp³-hybridized carbons (Fsp3) is 0.0952. The molecule has 0 radical (unpaired) electrons. The minimum Gasteiger partial charge on any atom is -0.325 e. The molecule has 0 atom stereocenters. The van der Waals surface area contributed by atoms with Crippen LogP contribution in [-0.2, 0) is 10.5 Å². The molecule has 0 fully saturated rings. The van der Waals surface area contributed by atoms with Gasteiger partial charge in [-0.3, -0.25) is 9.20 Å². The molecule has 1 N–H and O–H groups in total. The van der Waals surface area contributed by atoms with Crippen LogP contribution in [0.2, 0.25) is 0 Å². The summed E-state index contributed by atoms with van der Waals surface area (Å²) in [4.78, 5) is 21.0. The first kappa shape index (κ1) is 18.6. The van der Waals surface area contributed by atoms with Crippen molar-refractivity contribution < 1.29 is 4.79 Å². The molecular weight excluding hydrogens is 388 g/mol. The molecule has 3 heterocycles. The molecule has 0 aliphatic rings. The molecule has 5 nitrogen and oxygen atoms in total. The van der Waals surface area contributed by atoms with Crippen LogP contribution < -0.4 is 5.32 Å². The fourth-order valence-corrected chi connectivity index (χ4v) is 4.25. The number of anilines is 1. The summed E-state index contributed by atoms with van der Waals surface area (Å²) in [5.41, 5.74) is 2.96. The van der Waals surface area contributed by atoms with Crippen molar-refractivity contribution in [1.82, 2.24) is 14.4 Å². The van der Waals surface area contributed by atoms with Gasteiger partial charge >= 0.3 is 0 Å². The Kier molecular flexibility index (Phi) is 5.94. The highest BCUT2D eigenvalue weighted by atomic mass is 32.2. The quantitative estimate of drug-likeness (QED) is 0.449. The minimum absolute atomic E-state index is 0.0489. The van der Waals surface area contributed by atoms with Gasteiger partial charge in [-0.15, -0.1) is 11.8 Å². The Hall–Kier alpha value is -2.77. The Labute approximate surface area is 171 Å². The predicted molar refractivity (Wildman–Crippen MR) is 115 cm³/mol. The van der Waals surface area contributed by atoms with Crippen LogP contribution in [0.4, 0.5) is 5.69 Å². The molecule has 0 saturated heterocycles. The largest absolute Gasteiger partial charge is 0.325 e. The van der Waals surface area contributed by atoms with Crippen molar-refractivity contribution in [2.24, 2.45) is 0 Å². The molecule has 1 amide bonds. The molecular formula is C21H18N4OS2. The standard InChI is InChI=1S/C21H18N4OS2/c26-19(15-28-21-23-13-18-8-2-4-11-25(18)21)24-17-7-5-6-16(12-17)14-27-20-9-1-3-10-22-20/h1-13H,14-15H2,(H,24,26). The van der Waals surface area contributed by atoms with E-state index in [0.29, 0.717) is 5.75 Å². The maximum absolute atomic E-state index is 12.4. The van der Waals surface area contributed by atoms with E-state index >= 15 is 0 Å². The molecule has 0 spiro atoms. The summed E-state index contributed by atoms with van der Waals surface area (Å²) >= 11 is 3.09. The van der Waals surface area contributed by atoms with Gasteiger partial charge in [-0.25, -0.2) is 9.97 Å². The molecule has 140 valence electrons. The first-order valence-electron chi connectivity index (χ1n) is 8.75. The van der Waals surface area contributed by atoms with Crippen molar-refractivity contribution in [3.63, 3.8) is 0 Å². The number of rotatable bonds is 7. The molecule has 0 saturated carbocycles. The van der Waals surface area contributed by atoms with Gasteiger partial charge < -0.3 is 5.32 Å². The Balaban J connectivity index is 1.33. The van der Waals surface area contributed by atoms with Gasteiger partial charge in [0.25, 0.3) is 0 Å². The normalized spacial score (nSPS) is 10.9. The van der Waals surface area contributed by atoms with Crippen molar-refractivity contribution in [1.29, 1.82) is 0 Å². The lowest BCUT2D eigenvalue weighted by atomic mass is 10.2. The summed E-state index contributed by atoms with van der Waals surface area (Å²) in [6.07, 6.45) is 5.55. The molecule has 28 heavy (non-hydrogen) atoms. The molecule has 4 aromatic rings. The number of amides is 1. The molecule has 0 aliphatic carbocycles. The SMILES string of the molecule is O=C(CSc1ncc2ccccn12)Nc1cccc(CSc2ccccn2)c1. The Bertz CT molecular complexity index is 1080. The number of carbonyl (C=O) groups excluding carboxylic acids is 1. The lowest BCUT2D eigenvalue weighted by molar-refractivity contribution is -0.113. The number of fused-ring (bicyclic) bond motifs is 1. The van der Waals surface area contributed by atoms with Crippen LogP contribution in [0.3, 0.4) is 0 Å². The minimum atomic E-state index is -0.0489. The molecule has 1 aromatic carbocycles. The second-order valence-electron chi connectivity index (χ2n) is 6.03. The van der Waals surface area contributed by atoms with Gasteiger partial charge in [0.15, 0.2) is 5.16 Å². The molecule has 3 aromatic heterocycles. The van der Waals surface area contributed by atoms with Gasteiger partial charge in [-0.1, -0.05) is 36.0 Å². The van der Waals surface area contributed by atoms with Crippen LogP contribution in [0, 0.1) is 0 Å². The zero-order chi connectivity index (χ0) is 19.2. The number of pyridine rings is 2. The zero-order valence-corrected chi connectivity index (χ0v) is 16.6. The highest BCUT2D eigenvalue weighted by Crippen LogP contribution is 2.23. The van der Waals surface area contributed by atoms with E-state index in [1.807, 2.05) is 71.4 Å². The lowest BCUT2D eigenvalue weighted by Gasteiger charge is -2.07. The van der Waals surface area contributed by atoms with Crippen molar-refractivity contribution in [2.45, 2.75) is 15.9 Å². The highest BCUT2D eigenvalue weighted by molar-refractivity contribution is 7.99. The third kappa shape index (κ3) is 4.74. The van der Waals surface area contributed by atoms with Crippen LogP contribution >= 0.6 is 23.5 Å². The average molecular weight is 407 g/mol. The van der Waals surface area contributed by atoms with Crippen molar-refractivity contribution in [3.05, 3.63) is 84.8 Å². The number of thioether (sulfide) groups is 2. The Morgan fingerprint density at radius 3 is 2.82 bits per heavy atom. The van der Waals surface area contributed by atoms with Crippen LogP contribution in [0.5, 0.6) is 0 Å². The second kappa shape index (κ2) is 8.95. The zero-order valence-electron chi connectivity index (χ0n) is 15.0. The first-order valence-corrected chi connectivity index (χ1v) is 10.7. The number of benzene rings is 1. The maximum Gasteiger partial charge on any atom is 0.234 e. The summed E-state index contributed by atoms with van der Waals surface area (Å²) in [5, 5.41) is 4.77. The fourth-order valence-electron chi connectivity index (χ4n) is 2.68. The molecule has 7 heteroatoms. The maximum atomic E-state index is 12.4. The van der Waals surface area contributed by atoms with Crippen LogP contribution in [0.1, 0.15) is 5.56 Å². The number of hydrogen-bond donors (Lipinski definition) is 1. The van der Waals surface area contributed by atoms with E-state index in [9.17, 15) is 4.79 Å². The van der Waals surface area contributed by atoms with Gasteiger partial charge in [0, 0.05) is 23.8 Å². The topological polar surface area (TPSA) is 59.3 Å². The Morgan fingerprint density at radius 2 is 1.93 bits per heavy atom.